The van der Waals surface area contributed by atoms with Gasteiger partial charge in [-0.3, -0.25) is 14.9 Å². The molecule has 0 aliphatic heterocycles. The van der Waals surface area contributed by atoms with E-state index < -0.39 is 0 Å². The highest BCUT2D eigenvalue weighted by Gasteiger charge is 2.16. The summed E-state index contributed by atoms with van der Waals surface area (Å²) >= 11 is 1.41. The zero-order chi connectivity index (χ0) is 21.9. The molecular weight excluding hydrogens is 406 g/mol. The second-order valence-electron chi connectivity index (χ2n) is 6.44. The molecule has 2 amide bonds. The van der Waals surface area contributed by atoms with Gasteiger partial charge in [0.05, 0.1) is 49.8 Å². The number of hydrogen-bond donors (Lipinski definition) is 4. The van der Waals surface area contributed by atoms with Crippen molar-refractivity contribution in [2.45, 2.75) is 20.3 Å². The van der Waals surface area contributed by atoms with Gasteiger partial charge in [0.1, 0.15) is 0 Å². The molecule has 0 aliphatic rings. The SMILES string of the molecule is CNc1ccc(C(=O)Nc2nc(C)c(C)s2)c(NC(=O)CCOCCOCCN)c1. The van der Waals surface area contributed by atoms with Gasteiger partial charge in [-0.05, 0) is 32.0 Å². The lowest BCUT2D eigenvalue weighted by Crippen LogP contribution is -2.20. The van der Waals surface area contributed by atoms with E-state index in [-0.39, 0.29) is 24.8 Å². The van der Waals surface area contributed by atoms with Gasteiger partial charge in [-0.25, -0.2) is 4.98 Å². The topological polar surface area (TPSA) is 128 Å². The van der Waals surface area contributed by atoms with Crippen molar-refractivity contribution in [1.29, 1.82) is 0 Å². The molecule has 0 saturated heterocycles. The fourth-order valence-electron chi connectivity index (χ4n) is 2.47. The molecule has 0 bridgehead atoms. The largest absolute Gasteiger partial charge is 0.388 e. The first-order valence-electron chi connectivity index (χ1n) is 9.67. The van der Waals surface area contributed by atoms with Gasteiger partial charge in [0.25, 0.3) is 5.91 Å². The maximum atomic E-state index is 12.8. The summed E-state index contributed by atoms with van der Waals surface area (Å²) in [7, 11) is 1.77. The van der Waals surface area contributed by atoms with E-state index in [1.54, 1.807) is 25.2 Å². The standard InChI is InChI=1S/C20H29N5O4S/c1-13-14(2)30-20(23-13)25-19(27)16-5-4-15(22-3)12-17(16)24-18(26)6-8-28-10-11-29-9-7-21/h4-5,12,22H,6-11,21H2,1-3H3,(H,24,26)(H,23,25,27). The summed E-state index contributed by atoms with van der Waals surface area (Å²) in [4.78, 5) is 30.5. The number of anilines is 3. The third-order valence-corrected chi connectivity index (χ3v) is 5.17. The van der Waals surface area contributed by atoms with Crippen molar-refractivity contribution in [2.75, 3.05) is 56.0 Å². The fraction of sp³-hybridized carbons (Fsp3) is 0.450. The average molecular weight is 436 g/mol. The predicted octanol–water partition coefficient (Wildman–Crippen LogP) is 2.37. The summed E-state index contributed by atoms with van der Waals surface area (Å²) in [5.41, 5.74) is 7.75. The number of benzene rings is 1. The van der Waals surface area contributed by atoms with Gasteiger partial charge >= 0.3 is 0 Å². The molecule has 164 valence electrons. The Bertz CT molecular complexity index is 836. The summed E-state index contributed by atoms with van der Waals surface area (Å²) in [6, 6.07) is 5.15. The molecule has 2 rings (SSSR count). The van der Waals surface area contributed by atoms with Crippen molar-refractivity contribution >= 4 is 39.7 Å². The van der Waals surface area contributed by atoms with E-state index in [1.165, 1.54) is 11.3 Å². The Morgan fingerprint density at radius 3 is 2.47 bits per heavy atom. The number of hydrogen-bond acceptors (Lipinski definition) is 8. The normalized spacial score (nSPS) is 10.7. The molecule has 0 fully saturated rings. The molecule has 5 N–H and O–H groups in total. The van der Waals surface area contributed by atoms with Crippen LogP contribution in [-0.4, -0.2) is 56.8 Å². The first-order chi connectivity index (χ1) is 14.4. The minimum atomic E-state index is -0.338. The molecule has 2 aromatic rings. The van der Waals surface area contributed by atoms with Crippen LogP contribution in [0.25, 0.3) is 0 Å². The van der Waals surface area contributed by atoms with Crippen LogP contribution in [0.5, 0.6) is 0 Å². The number of aromatic nitrogens is 1. The maximum absolute atomic E-state index is 12.8. The van der Waals surface area contributed by atoms with Crippen LogP contribution in [0.2, 0.25) is 0 Å². The highest BCUT2D eigenvalue weighted by molar-refractivity contribution is 7.15. The molecular formula is C20H29N5O4S. The van der Waals surface area contributed by atoms with Gasteiger partial charge in [-0.1, -0.05) is 0 Å². The van der Waals surface area contributed by atoms with Crippen LogP contribution in [0.15, 0.2) is 18.2 Å². The van der Waals surface area contributed by atoms with Crippen LogP contribution in [0.1, 0.15) is 27.3 Å². The molecule has 30 heavy (non-hydrogen) atoms. The van der Waals surface area contributed by atoms with Crippen LogP contribution >= 0.6 is 11.3 Å². The van der Waals surface area contributed by atoms with Gasteiger partial charge < -0.3 is 25.8 Å². The summed E-state index contributed by atoms with van der Waals surface area (Å²) in [6.07, 6.45) is 0.159. The van der Waals surface area contributed by atoms with Crippen LogP contribution < -0.4 is 21.7 Å². The fourth-order valence-corrected chi connectivity index (χ4v) is 3.28. The lowest BCUT2D eigenvalue weighted by Gasteiger charge is -2.13. The Morgan fingerprint density at radius 2 is 1.83 bits per heavy atom. The Hall–Kier alpha value is -2.53. The number of ether oxygens (including phenoxy) is 2. The van der Waals surface area contributed by atoms with E-state index in [9.17, 15) is 9.59 Å². The van der Waals surface area contributed by atoms with E-state index in [0.717, 1.165) is 16.3 Å². The zero-order valence-corrected chi connectivity index (χ0v) is 18.4. The Morgan fingerprint density at radius 1 is 1.10 bits per heavy atom. The van der Waals surface area contributed by atoms with Crippen molar-refractivity contribution in [3.63, 3.8) is 0 Å². The molecule has 0 aliphatic carbocycles. The minimum Gasteiger partial charge on any atom is -0.388 e. The van der Waals surface area contributed by atoms with Crippen molar-refractivity contribution in [3.8, 4) is 0 Å². The van der Waals surface area contributed by atoms with Crippen LogP contribution in [0.3, 0.4) is 0 Å². The van der Waals surface area contributed by atoms with E-state index in [0.29, 0.717) is 42.7 Å². The van der Waals surface area contributed by atoms with Gasteiger partial charge in [0.2, 0.25) is 5.91 Å². The predicted molar refractivity (Wildman–Crippen MR) is 119 cm³/mol. The van der Waals surface area contributed by atoms with E-state index in [2.05, 4.69) is 20.9 Å². The van der Waals surface area contributed by atoms with Crippen molar-refractivity contribution in [3.05, 3.63) is 34.3 Å². The lowest BCUT2D eigenvalue weighted by molar-refractivity contribution is -0.117. The summed E-state index contributed by atoms with van der Waals surface area (Å²) < 4.78 is 10.6. The van der Waals surface area contributed by atoms with E-state index in [4.69, 9.17) is 15.2 Å². The van der Waals surface area contributed by atoms with Crippen molar-refractivity contribution < 1.29 is 19.1 Å². The smallest absolute Gasteiger partial charge is 0.259 e. The molecule has 0 spiro atoms. The third-order valence-electron chi connectivity index (χ3n) is 4.18. The number of amides is 2. The highest BCUT2D eigenvalue weighted by Crippen LogP contribution is 2.25. The molecule has 10 heteroatoms. The van der Waals surface area contributed by atoms with Gasteiger partial charge in [-0.2, -0.15) is 0 Å². The van der Waals surface area contributed by atoms with Gasteiger partial charge in [0.15, 0.2) is 5.13 Å². The number of nitrogens with two attached hydrogens (primary N) is 1. The quantitative estimate of drug-likeness (QED) is 0.377. The summed E-state index contributed by atoms with van der Waals surface area (Å²) in [5.74, 6) is -0.587. The summed E-state index contributed by atoms with van der Waals surface area (Å²) in [5, 5.41) is 9.12. The molecule has 1 aromatic heterocycles. The monoisotopic (exact) mass is 435 g/mol. The number of rotatable bonds is 12. The van der Waals surface area contributed by atoms with Crippen LogP contribution in [0, 0.1) is 13.8 Å². The van der Waals surface area contributed by atoms with E-state index >= 15 is 0 Å². The lowest BCUT2D eigenvalue weighted by atomic mass is 10.1. The second-order valence-corrected chi connectivity index (χ2v) is 7.64. The zero-order valence-electron chi connectivity index (χ0n) is 17.5. The van der Waals surface area contributed by atoms with Crippen molar-refractivity contribution in [2.24, 2.45) is 5.73 Å². The van der Waals surface area contributed by atoms with Crippen LogP contribution in [-0.2, 0) is 14.3 Å². The first-order valence-corrected chi connectivity index (χ1v) is 10.5. The Kier molecular flexibility index (Phi) is 9.68. The second kappa shape index (κ2) is 12.2. The molecule has 0 saturated carbocycles. The number of nitrogens with zero attached hydrogens (tertiary/aromatic N) is 1. The minimum absolute atomic E-state index is 0.159. The highest BCUT2D eigenvalue weighted by atomic mass is 32.1. The van der Waals surface area contributed by atoms with Crippen LogP contribution in [0.4, 0.5) is 16.5 Å². The third kappa shape index (κ3) is 7.38. The number of thiazole rings is 1. The Balaban J connectivity index is 1.96. The number of nitrogens with one attached hydrogen (secondary N) is 3. The average Bonchev–Trinajstić information content (AvgIpc) is 3.03. The van der Waals surface area contributed by atoms with Gasteiger partial charge in [-0.15, -0.1) is 11.3 Å². The maximum Gasteiger partial charge on any atom is 0.259 e. The number of carbonyl (C=O) groups is 2. The van der Waals surface area contributed by atoms with E-state index in [1.807, 2.05) is 13.8 Å². The molecule has 0 radical (unpaired) electrons. The van der Waals surface area contributed by atoms with Gasteiger partial charge in [0, 0.05) is 24.2 Å². The molecule has 1 heterocycles. The summed E-state index contributed by atoms with van der Waals surface area (Å²) in [6.45, 7) is 5.86. The molecule has 1 aromatic carbocycles. The number of aryl methyl sites for hydroxylation is 2. The first kappa shape index (κ1) is 23.7. The number of carbonyl (C=O) groups excluding carboxylic acids is 2. The molecule has 0 unspecified atom stereocenters. The molecule has 0 atom stereocenters. The Labute approximate surface area is 180 Å². The van der Waals surface area contributed by atoms with Crippen molar-refractivity contribution in [1.82, 2.24) is 4.98 Å². The molecule has 9 nitrogen and oxygen atoms in total.